The Morgan fingerprint density at radius 2 is 2.24 bits per heavy atom. The molecule has 17 heavy (non-hydrogen) atoms. The SMILES string of the molecule is Cc1cccnc1NC(=O)c1cc(N)c(C)s1. The lowest BCUT2D eigenvalue weighted by molar-refractivity contribution is 0.103. The summed E-state index contributed by atoms with van der Waals surface area (Å²) in [5, 5.41) is 2.77. The van der Waals surface area contributed by atoms with E-state index < -0.39 is 0 Å². The maximum absolute atomic E-state index is 11.9. The van der Waals surface area contributed by atoms with Crippen molar-refractivity contribution in [3.05, 3.63) is 39.7 Å². The number of aryl methyl sites for hydroxylation is 2. The summed E-state index contributed by atoms with van der Waals surface area (Å²) in [5.41, 5.74) is 7.30. The molecular formula is C12H13N3OS. The largest absolute Gasteiger partial charge is 0.398 e. The molecule has 2 aromatic rings. The van der Waals surface area contributed by atoms with Gasteiger partial charge in [0, 0.05) is 16.8 Å². The molecule has 0 fully saturated rings. The number of carbonyl (C=O) groups is 1. The number of rotatable bonds is 2. The van der Waals surface area contributed by atoms with E-state index in [1.807, 2.05) is 26.0 Å². The van der Waals surface area contributed by atoms with E-state index in [1.165, 1.54) is 11.3 Å². The molecule has 0 spiro atoms. The number of amides is 1. The molecule has 0 aromatic carbocycles. The molecule has 2 rings (SSSR count). The molecule has 4 nitrogen and oxygen atoms in total. The van der Waals surface area contributed by atoms with Crippen molar-refractivity contribution in [3.8, 4) is 0 Å². The highest BCUT2D eigenvalue weighted by Crippen LogP contribution is 2.24. The van der Waals surface area contributed by atoms with Gasteiger partial charge in [-0.3, -0.25) is 4.79 Å². The Kier molecular flexibility index (Phi) is 3.10. The maximum Gasteiger partial charge on any atom is 0.266 e. The molecule has 5 heteroatoms. The Balaban J connectivity index is 2.20. The first-order chi connectivity index (χ1) is 8.08. The van der Waals surface area contributed by atoms with Crippen LogP contribution in [-0.2, 0) is 0 Å². The van der Waals surface area contributed by atoms with E-state index in [0.29, 0.717) is 16.4 Å². The molecule has 0 aliphatic carbocycles. The lowest BCUT2D eigenvalue weighted by Crippen LogP contribution is -2.12. The number of nitrogens with one attached hydrogen (secondary N) is 1. The minimum Gasteiger partial charge on any atom is -0.398 e. The van der Waals surface area contributed by atoms with E-state index in [2.05, 4.69) is 10.3 Å². The zero-order valence-electron chi connectivity index (χ0n) is 9.65. The Morgan fingerprint density at radius 1 is 1.47 bits per heavy atom. The number of hydrogen-bond donors (Lipinski definition) is 2. The number of carbonyl (C=O) groups excluding carboxylic acids is 1. The van der Waals surface area contributed by atoms with Gasteiger partial charge in [-0.25, -0.2) is 4.98 Å². The van der Waals surface area contributed by atoms with Crippen molar-refractivity contribution in [3.63, 3.8) is 0 Å². The molecule has 2 heterocycles. The van der Waals surface area contributed by atoms with Crippen molar-refractivity contribution in [2.75, 3.05) is 11.1 Å². The average molecular weight is 247 g/mol. The van der Waals surface area contributed by atoms with Crippen LogP contribution >= 0.6 is 11.3 Å². The van der Waals surface area contributed by atoms with Crippen LogP contribution in [0.5, 0.6) is 0 Å². The zero-order valence-corrected chi connectivity index (χ0v) is 10.5. The molecule has 0 saturated heterocycles. The van der Waals surface area contributed by atoms with E-state index >= 15 is 0 Å². The quantitative estimate of drug-likeness (QED) is 0.857. The first kappa shape index (κ1) is 11.6. The highest BCUT2D eigenvalue weighted by atomic mass is 32.1. The van der Waals surface area contributed by atoms with Crippen LogP contribution in [0.4, 0.5) is 11.5 Å². The fourth-order valence-corrected chi connectivity index (χ4v) is 2.23. The first-order valence-corrected chi connectivity index (χ1v) is 5.98. The summed E-state index contributed by atoms with van der Waals surface area (Å²) in [6.45, 7) is 3.79. The van der Waals surface area contributed by atoms with Gasteiger partial charge in [-0.2, -0.15) is 0 Å². The molecule has 0 aliphatic rings. The summed E-state index contributed by atoms with van der Waals surface area (Å²) < 4.78 is 0. The van der Waals surface area contributed by atoms with E-state index in [-0.39, 0.29) is 5.91 Å². The van der Waals surface area contributed by atoms with Gasteiger partial charge >= 0.3 is 0 Å². The molecule has 0 radical (unpaired) electrons. The normalized spacial score (nSPS) is 10.2. The van der Waals surface area contributed by atoms with E-state index in [9.17, 15) is 4.79 Å². The zero-order chi connectivity index (χ0) is 12.4. The number of pyridine rings is 1. The fraction of sp³-hybridized carbons (Fsp3) is 0.167. The summed E-state index contributed by atoms with van der Waals surface area (Å²) >= 11 is 1.38. The topological polar surface area (TPSA) is 68.0 Å². The molecule has 88 valence electrons. The summed E-state index contributed by atoms with van der Waals surface area (Å²) in [6.07, 6.45) is 1.65. The van der Waals surface area contributed by atoms with E-state index in [4.69, 9.17) is 5.73 Å². The second-order valence-corrected chi connectivity index (χ2v) is 5.00. The van der Waals surface area contributed by atoms with Crippen LogP contribution in [0.25, 0.3) is 0 Å². The first-order valence-electron chi connectivity index (χ1n) is 5.17. The second kappa shape index (κ2) is 4.55. The van der Waals surface area contributed by atoms with Crippen LogP contribution in [0.1, 0.15) is 20.1 Å². The monoisotopic (exact) mass is 247 g/mol. The highest BCUT2D eigenvalue weighted by molar-refractivity contribution is 7.14. The number of aromatic nitrogens is 1. The van der Waals surface area contributed by atoms with E-state index in [0.717, 1.165) is 10.4 Å². The van der Waals surface area contributed by atoms with Crippen molar-refractivity contribution in [2.45, 2.75) is 13.8 Å². The minimum absolute atomic E-state index is 0.170. The van der Waals surface area contributed by atoms with Crippen molar-refractivity contribution in [2.24, 2.45) is 0 Å². The molecule has 0 atom stereocenters. The molecular weight excluding hydrogens is 234 g/mol. The predicted octanol–water partition coefficient (Wildman–Crippen LogP) is 2.59. The van der Waals surface area contributed by atoms with Gasteiger partial charge in [0.25, 0.3) is 5.91 Å². The van der Waals surface area contributed by atoms with Crippen LogP contribution in [0.15, 0.2) is 24.4 Å². The minimum atomic E-state index is -0.170. The van der Waals surface area contributed by atoms with Crippen LogP contribution in [0.3, 0.4) is 0 Å². The maximum atomic E-state index is 11.9. The lowest BCUT2D eigenvalue weighted by Gasteiger charge is -2.04. The number of nitrogens with two attached hydrogens (primary N) is 1. The Morgan fingerprint density at radius 3 is 2.82 bits per heavy atom. The smallest absolute Gasteiger partial charge is 0.266 e. The van der Waals surface area contributed by atoms with Crippen molar-refractivity contribution < 1.29 is 4.79 Å². The summed E-state index contributed by atoms with van der Waals surface area (Å²) in [7, 11) is 0. The molecule has 0 bridgehead atoms. The molecule has 0 unspecified atom stereocenters. The molecule has 2 aromatic heterocycles. The predicted molar refractivity (Wildman–Crippen MR) is 70.4 cm³/mol. The molecule has 0 aliphatic heterocycles. The van der Waals surface area contributed by atoms with Crippen LogP contribution in [-0.4, -0.2) is 10.9 Å². The van der Waals surface area contributed by atoms with Crippen molar-refractivity contribution in [1.82, 2.24) is 4.98 Å². The Labute approximate surface area is 103 Å². The third kappa shape index (κ3) is 2.45. The van der Waals surface area contributed by atoms with Gasteiger partial charge < -0.3 is 11.1 Å². The van der Waals surface area contributed by atoms with Crippen molar-refractivity contribution >= 4 is 28.7 Å². The van der Waals surface area contributed by atoms with Gasteiger partial charge in [-0.1, -0.05) is 6.07 Å². The second-order valence-electron chi connectivity index (χ2n) is 3.75. The Bertz CT molecular complexity index is 543. The lowest BCUT2D eigenvalue weighted by atomic mass is 10.3. The number of hydrogen-bond acceptors (Lipinski definition) is 4. The highest BCUT2D eigenvalue weighted by Gasteiger charge is 2.12. The van der Waals surface area contributed by atoms with Crippen LogP contribution in [0.2, 0.25) is 0 Å². The van der Waals surface area contributed by atoms with Gasteiger partial charge in [-0.15, -0.1) is 11.3 Å². The van der Waals surface area contributed by atoms with Gasteiger partial charge in [0.1, 0.15) is 5.82 Å². The number of anilines is 2. The summed E-state index contributed by atoms with van der Waals surface area (Å²) in [4.78, 5) is 17.6. The average Bonchev–Trinajstić information content (AvgIpc) is 2.63. The van der Waals surface area contributed by atoms with Crippen LogP contribution in [0, 0.1) is 13.8 Å². The standard InChI is InChI=1S/C12H13N3OS/c1-7-4-3-5-14-11(7)15-12(16)10-6-9(13)8(2)17-10/h3-6H,13H2,1-2H3,(H,14,15,16). The summed E-state index contributed by atoms with van der Waals surface area (Å²) in [6, 6.07) is 5.42. The third-order valence-electron chi connectivity index (χ3n) is 2.42. The van der Waals surface area contributed by atoms with E-state index in [1.54, 1.807) is 12.3 Å². The van der Waals surface area contributed by atoms with Gasteiger partial charge in [0.2, 0.25) is 0 Å². The molecule has 3 N–H and O–H groups in total. The third-order valence-corrected chi connectivity index (χ3v) is 3.49. The van der Waals surface area contributed by atoms with Gasteiger partial charge in [0.05, 0.1) is 4.88 Å². The fourth-order valence-electron chi connectivity index (χ4n) is 1.39. The van der Waals surface area contributed by atoms with Gasteiger partial charge in [0.15, 0.2) is 0 Å². The van der Waals surface area contributed by atoms with Gasteiger partial charge in [-0.05, 0) is 31.5 Å². The number of thiophene rings is 1. The number of nitrogens with zero attached hydrogens (tertiary/aromatic N) is 1. The molecule has 1 amide bonds. The molecule has 0 saturated carbocycles. The van der Waals surface area contributed by atoms with Crippen LogP contribution < -0.4 is 11.1 Å². The van der Waals surface area contributed by atoms with Crippen molar-refractivity contribution in [1.29, 1.82) is 0 Å². The number of nitrogen functional groups attached to an aromatic ring is 1. The Hall–Kier alpha value is -1.88. The summed E-state index contributed by atoms with van der Waals surface area (Å²) in [5.74, 6) is 0.415.